The fraction of sp³-hybridized carbons (Fsp3) is 0.286. The van der Waals surface area contributed by atoms with Gasteiger partial charge in [-0.05, 0) is 53.3 Å². The van der Waals surface area contributed by atoms with E-state index < -0.39 is 0 Å². The Labute approximate surface area is 143 Å². The molecule has 0 aliphatic carbocycles. The molecule has 0 saturated carbocycles. The monoisotopic (exact) mass is 317 g/mol. The summed E-state index contributed by atoms with van der Waals surface area (Å²) in [6, 6.07) is 10.5. The Bertz CT molecular complexity index is 771. The topological polar surface area (TPSA) is 38.7 Å². The molecular formula is C21H23N3. The van der Waals surface area contributed by atoms with E-state index in [1.165, 1.54) is 11.1 Å². The Morgan fingerprint density at radius 1 is 0.667 bits per heavy atom. The third-order valence-electron chi connectivity index (χ3n) is 4.23. The first kappa shape index (κ1) is 16.3. The number of pyridine rings is 3. The Hall–Kier alpha value is -2.55. The van der Waals surface area contributed by atoms with Gasteiger partial charge in [-0.2, -0.15) is 0 Å². The van der Waals surface area contributed by atoms with Crippen molar-refractivity contribution in [2.75, 3.05) is 0 Å². The quantitative estimate of drug-likeness (QED) is 0.642. The zero-order valence-corrected chi connectivity index (χ0v) is 14.7. The predicted molar refractivity (Wildman–Crippen MR) is 98.9 cm³/mol. The van der Waals surface area contributed by atoms with Crippen molar-refractivity contribution < 1.29 is 0 Å². The van der Waals surface area contributed by atoms with Gasteiger partial charge in [0, 0.05) is 35.9 Å². The molecule has 0 unspecified atom stereocenters. The van der Waals surface area contributed by atoms with Crippen LogP contribution in [0, 0.1) is 0 Å². The summed E-state index contributed by atoms with van der Waals surface area (Å²) in [5.41, 5.74) is 6.51. The van der Waals surface area contributed by atoms with Crippen LogP contribution in [0.2, 0.25) is 0 Å². The molecule has 3 aromatic heterocycles. The molecule has 3 rings (SSSR count). The molecule has 3 heterocycles. The maximum Gasteiger partial charge on any atom is 0.0720 e. The van der Waals surface area contributed by atoms with Crippen molar-refractivity contribution in [2.24, 2.45) is 0 Å². The minimum Gasteiger partial charge on any atom is -0.263 e. The van der Waals surface area contributed by atoms with Crippen molar-refractivity contribution in [3.63, 3.8) is 0 Å². The summed E-state index contributed by atoms with van der Waals surface area (Å²) in [5, 5.41) is 0. The zero-order valence-electron chi connectivity index (χ0n) is 14.7. The van der Waals surface area contributed by atoms with Crippen LogP contribution in [0.15, 0.2) is 55.1 Å². The van der Waals surface area contributed by atoms with Crippen LogP contribution >= 0.6 is 0 Å². The van der Waals surface area contributed by atoms with Gasteiger partial charge in [-0.3, -0.25) is 15.0 Å². The van der Waals surface area contributed by atoms with E-state index in [0.717, 1.165) is 22.5 Å². The summed E-state index contributed by atoms with van der Waals surface area (Å²) in [6.07, 6.45) is 7.47. The number of hydrogen-bond donors (Lipinski definition) is 0. The van der Waals surface area contributed by atoms with Crippen molar-refractivity contribution >= 4 is 0 Å². The second-order valence-corrected chi connectivity index (χ2v) is 6.72. The molecule has 0 bridgehead atoms. The van der Waals surface area contributed by atoms with Crippen molar-refractivity contribution in [2.45, 2.75) is 39.5 Å². The van der Waals surface area contributed by atoms with Gasteiger partial charge in [-0.1, -0.05) is 27.7 Å². The molecule has 0 spiro atoms. The molecular weight excluding hydrogens is 294 g/mol. The van der Waals surface area contributed by atoms with E-state index in [-0.39, 0.29) is 0 Å². The lowest BCUT2D eigenvalue weighted by Crippen LogP contribution is -1.93. The van der Waals surface area contributed by atoms with E-state index >= 15 is 0 Å². The molecule has 3 aromatic rings. The fourth-order valence-electron chi connectivity index (χ4n) is 2.65. The minimum absolute atomic E-state index is 0.479. The molecule has 24 heavy (non-hydrogen) atoms. The van der Waals surface area contributed by atoms with Crippen LogP contribution in [0.3, 0.4) is 0 Å². The van der Waals surface area contributed by atoms with Gasteiger partial charge in [0.2, 0.25) is 0 Å². The lowest BCUT2D eigenvalue weighted by atomic mass is 10.00. The normalized spacial score (nSPS) is 11.2. The largest absolute Gasteiger partial charge is 0.263 e. The number of rotatable bonds is 4. The second kappa shape index (κ2) is 6.91. The van der Waals surface area contributed by atoms with Gasteiger partial charge < -0.3 is 0 Å². The standard InChI is InChI=1S/C21H23N3/c1-14(2)16-5-7-23-20(10-16)18-9-19(13-22-12-18)21-11-17(15(3)4)6-8-24-21/h5-15H,1-4H3. The molecule has 0 atom stereocenters. The molecule has 0 N–H and O–H groups in total. The van der Waals surface area contributed by atoms with Crippen LogP contribution in [0.4, 0.5) is 0 Å². The molecule has 0 aliphatic heterocycles. The Morgan fingerprint density at radius 2 is 1.12 bits per heavy atom. The van der Waals surface area contributed by atoms with E-state index in [0.29, 0.717) is 11.8 Å². The minimum atomic E-state index is 0.479. The maximum absolute atomic E-state index is 4.51. The number of aromatic nitrogens is 3. The first-order valence-electron chi connectivity index (χ1n) is 8.42. The van der Waals surface area contributed by atoms with E-state index in [4.69, 9.17) is 0 Å². The van der Waals surface area contributed by atoms with Crippen LogP contribution in [-0.2, 0) is 0 Å². The van der Waals surface area contributed by atoms with Gasteiger partial charge in [0.15, 0.2) is 0 Å². The van der Waals surface area contributed by atoms with Crippen LogP contribution in [0.5, 0.6) is 0 Å². The summed E-state index contributed by atoms with van der Waals surface area (Å²) in [5.74, 6) is 0.958. The zero-order chi connectivity index (χ0) is 17.1. The van der Waals surface area contributed by atoms with Gasteiger partial charge >= 0.3 is 0 Å². The van der Waals surface area contributed by atoms with Crippen LogP contribution in [-0.4, -0.2) is 15.0 Å². The van der Waals surface area contributed by atoms with E-state index in [9.17, 15) is 0 Å². The predicted octanol–water partition coefficient (Wildman–Crippen LogP) is 5.45. The third kappa shape index (κ3) is 3.51. The first-order chi connectivity index (χ1) is 11.5. The SMILES string of the molecule is CC(C)c1ccnc(-c2cncc(-c3cc(C(C)C)ccn3)c2)c1. The van der Waals surface area contributed by atoms with Crippen molar-refractivity contribution in [3.8, 4) is 22.5 Å². The van der Waals surface area contributed by atoms with Crippen molar-refractivity contribution in [3.05, 3.63) is 66.2 Å². The second-order valence-electron chi connectivity index (χ2n) is 6.72. The van der Waals surface area contributed by atoms with Gasteiger partial charge in [-0.25, -0.2) is 0 Å². The number of nitrogens with zero attached hydrogens (tertiary/aromatic N) is 3. The van der Waals surface area contributed by atoms with Gasteiger partial charge in [-0.15, -0.1) is 0 Å². The highest BCUT2D eigenvalue weighted by molar-refractivity contribution is 5.68. The Balaban J connectivity index is 2.01. The molecule has 3 heteroatoms. The molecule has 0 saturated heterocycles. The molecule has 0 amide bonds. The van der Waals surface area contributed by atoms with Crippen LogP contribution in [0.1, 0.15) is 50.7 Å². The average molecular weight is 317 g/mol. The van der Waals surface area contributed by atoms with Crippen molar-refractivity contribution in [1.29, 1.82) is 0 Å². The Morgan fingerprint density at radius 3 is 1.54 bits per heavy atom. The summed E-state index contributed by atoms with van der Waals surface area (Å²) < 4.78 is 0. The summed E-state index contributed by atoms with van der Waals surface area (Å²) in [7, 11) is 0. The van der Waals surface area contributed by atoms with Gasteiger partial charge in [0.25, 0.3) is 0 Å². The Kier molecular flexibility index (Phi) is 4.70. The summed E-state index contributed by atoms with van der Waals surface area (Å²) in [6.45, 7) is 8.76. The van der Waals surface area contributed by atoms with Gasteiger partial charge in [0.1, 0.15) is 0 Å². The van der Waals surface area contributed by atoms with Crippen LogP contribution in [0.25, 0.3) is 22.5 Å². The molecule has 0 aliphatic rings. The summed E-state index contributed by atoms with van der Waals surface area (Å²) >= 11 is 0. The highest BCUT2D eigenvalue weighted by Gasteiger charge is 2.08. The van der Waals surface area contributed by atoms with E-state index in [1.54, 1.807) is 0 Å². The molecule has 122 valence electrons. The number of hydrogen-bond acceptors (Lipinski definition) is 3. The fourth-order valence-corrected chi connectivity index (χ4v) is 2.65. The van der Waals surface area contributed by atoms with Crippen LogP contribution < -0.4 is 0 Å². The van der Waals surface area contributed by atoms with Crippen molar-refractivity contribution in [1.82, 2.24) is 15.0 Å². The summed E-state index contributed by atoms with van der Waals surface area (Å²) in [4.78, 5) is 13.4. The van der Waals surface area contributed by atoms with E-state index in [2.05, 4.69) is 73.0 Å². The maximum atomic E-state index is 4.51. The molecule has 0 radical (unpaired) electrons. The molecule has 0 fully saturated rings. The lowest BCUT2D eigenvalue weighted by molar-refractivity contribution is 0.863. The molecule has 0 aromatic carbocycles. The average Bonchev–Trinajstić information content (AvgIpc) is 2.62. The third-order valence-corrected chi connectivity index (χ3v) is 4.23. The van der Waals surface area contributed by atoms with Gasteiger partial charge in [0.05, 0.1) is 11.4 Å². The highest BCUT2D eigenvalue weighted by atomic mass is 14.7. The first-order valence-corrected chi connectivity index (χ1v) is 8.42. The highest BCUT2D eigenvalue weighted by Crippen LogP contribution is 2.26. The molecule has 3 nitrogen and oxygen atoms in total. The van der Waals surface area contributed by atoms with E-state index in [1.807, 2.05) is 24.8 Å². The lowest BCUT2D eigenvalue weighted by Gasteiger charge is -2.10. The smallest absolute Gasteiger partial charge is 0.0720 e.